The first-order chi connectivity index (χ1) is 15.2. The number of sulfone groups is 1. The lowest BCUT2D eigenvalue weighted by Crippen LogP contribution is -2.52. The molecule has 0 aromatic heterocycles. The van der Waals surface area contributed by atoms with Gasteiger partial charge in [-0.3, -0.25) is 9.69 Å². The van der Waals surface area contributed by atoms with Crippen LogP contribution < -0.4 is 0 Å². The number of hydrogen-bond acceptors (Lipinski definition) is 7. The van der Waals surface area contributed by atoms with Gasteiger partial charge in [-0.25, -0.2) is 16.8 Å². The highest BCUT2D eigenvalue weighted by Crippen LogP contribution is 2.21. The van der Waals surface area contributed by atoms with E-state index in [1.165, 1.54) is 4.31 Å². The van der Waals surface area contributed by atoms with E-state index in [0.29, 0.717) is 71.7 Å². The van der Waals surface area contributed by atoms with Crippen LogP contribution in [0.15, 0.2) is 29.2 Å². The van der Waals surface area contributed by atoms with Crippen molar-refractivity contribution in [1.29, 1.82) is 0 Å². The van der Waals surface area contributed by atoms with Gasteiger partial charge in [0.1, 0.15) is 0 Å². The average Bonchev–Trinajstić information content (AvgIpc) is 3.18. The molecular weight excluding hydrogens is 454 g/mol. The van der Waals surface area contributed by atoms with Crippen molar-refractivity contribution in [3.8, 4) is 0 Å². The molecule has 3 saturated heterocycles. The fraction of sp³-hybridized carbons (Fsp3) is 0.667. The number of carbonyl (C=O) groups excluding carboxylic acids is 1. The predicted octanol–water partition coefficient (Wildman–Crippen LogP) is -0.0286. The Bertz CT molecular complexity index is 1010. The molecule has 0 aliphatic carbocycles. The third-order valence-corrected chi connectivity index (χ3v) is 10.2. The Hall–Kier alpha value is -1.53. The van der Waals surface area contributed by atoms with Gasteiger partial charge < -0.3 is 9.64 Å². The molecule has 1 atom stereocenters. The van der Waals surface area contributed by atoms with Crippen molar-refractivity contribution in [3.63, 3.8) is 0 Å². The maximum atomic E-state index is 12.7. The second-order valence-corrected chi connectivity index (χ2v) is 12.8. The third kappa shape index (κ3) is 5.51. The summed E-state index contributed by atoms with van der Waals surface area (Å²) in [4.78, 5) is 16.9. The van der Waals surface area contributed by atoms with Crippen LogP contribution in [-0.2, 0) is 35.8 Å². The Morgan fingerprint density at radius 1 is 1.00 bits per heavy atom. The molecule has 0 bridgehead atoms. The van der Waals surface area contributed by atoms with E-state index in [0.717, 1.165) is 5.56 Å². The highest BCUT2D eigenvalue weighted by molar-refractivity contribution is 7.91. The van der Waals surface area contributed by atoms with Gasteiger partial charge in [-0.2, -0.15) is 4.31 Å². The van der Waals surface area contributed by atoms with Crippen LogP contribution in [0.5, 0.6) is 0 Å². The van der Waals surface area contributed by atoms with E-state index >= 15 is 0 Å². The SMILES string of the molecule is O=C(CCc1ccc(S(=O)(=O)N2CCOCC2)cc1)N1CCN([C@H]2CCS(=O)(=O)C2)CC1. The molecule has 3 aliphatic rings. The van der Waals surface area contributed by atoms with Crippen molar-refractivity contribution in [2.75, 3.05) is 64.0 Å². The molecule has 3 aliphatic heterocycles. The van der Waals surface area contributed by atoms with Gasteiger partial charge in [0.05, 0.1) is 29.6 Å². The molecule has 0 radical (unpaired) electrons. The van der Waals surface area contributed by atoms with Crippen LogP contribution in [0.2, 0.25) is 0 Å². The molecule has 0 unspecified atom stereocenters. The fourth-order valence-corrected chi connectivity index (χ4v) is 7.74. The molecule has 4 rings (SSSR count). The highest BCUT2D eigenvalue weighted by atomic mass is 32.2. The summed E-state index contributed by atoms with van der Waals surface area (Å²) < 4.78 is 55.5. The maximum Gasteiger partial charge on any atom is 0.243 e. The number of ether oxygens (including phenoxy) is 1. The van der Waals surface area contributed by atoms with Gasteiger partial charge in [-0.05, 0) is 30.5 Å². The maximum absolute atomic E-state index is 12.7. The molecular formula is C21H31N3O6S2. The molecule has 178 valence electrons. The molecule has 9 nitrogen and oxygen atoms in total. The summed E-state index contributed by atoms with van der Waals surface area (Å²) in [5.41, 5.74) is 0.925. The van der Waals surface area contributed by atoms with E-state index in [1.54, 1.807) is 24.3 Å². The lowest BCUT2D eigenvalue weighted by molar-refractivity contribution is -0.133. The van der Waals surface area contributed by atoms with E-state index in [9.17, 15) is 21.6 Å². The summed E-state index contributed by atoms with van der Waals surface area (Å²) in [6.07, 6.45) is 1.61. The Labute approximate surface area is 190 Å². The molecule has 11 heteroatoms. The lowest BCUT2D eigenvalue weighted by atomic mass is 10.1. The Morgan fingerprint density at radius 3 is 2.25 bits per heavy atom. The number of aryl methyl sites for hydroxylation is 1. The first kappa shape index (κ1) is 23.6. The summed E-state index contributed by atoms with van der Waals surface area (Å²) in [6.45, 7) is 4.20. The topological polar surface area (TPSA) is 104 Å². The van der Waals surface area contributed by atoms with E-state index < -0.39 is 19.9 Å². The second kappa shape index (κ2) is 9.76. The number of rotatable bonds is 6. The van der Waals surface area contributed by atoms with E-state index in [1.807, 2.05) is 4.90 Å². The van der Waals surface area contributed by atoms with Gasteiger partial charge in [0, 0.05) is 51.7 Å². The number of nitrogens with zero attached hydrogens (tertiary/aromatic N) is 3. The molecule has 0 spiro atoms. The van der Waals surface area contributed by atoms with E-state index in [-0.39, 0.29) is 28.4 Å². The molecule has 3 fully saturated rings. The summed E-state index contributed by atoms with van der Waals surface area (Å²) in [5, 5.41) is 0. The molecule has 3 heterocycles. The van der Waals surface area contributed by atoms with Crippen LogP contribution in [0.4, 0.5) is 0 Å². The van der Waals surface area contributed by atoms with Crippen LogP contribution in [0.25, 0.3) is 0 Å². The third-order valence-electron chi connectivity index (χ3n) is 6.55. The average molecular weight is 486 g/mol. The highest BCUT2D eigenvalue weighted by Gasteiger charge is 2.34. The van der Waals surface area contributed by atoms with Crippen molar-refractivity contribution in [1.82, 2.24) is 14.1 Å². The van der Waals surface area contributed by atoms with Gasteiger partial charge in [0.25, 0.3) is 0 Å². The minimum Gasteiger partial charge on any atom is -0.379 e. The predicted molar refractivity (Wildman–Crippen MR) is 120 cm³/mol. The molecule has 32 heavy (non-hydrogen) atoms. The van der Waals surface area contributed by atoms with Gasteiger partial charge in [0.2, 0.25) is 15.9 Å². The van der Waals surface area contributed by atoms with Gasteiger partial charge in [0.15, 0.2) is 9.84 Å². The van der Waals surface area contributed by atoms with Crippen molar-refractivity contribution >= 4 is 25.8 Å². The molecule has 0 N–H and O–H groups in total. The first-order valence-electron chi connectivity index (χ1n) is 11.1. The number of sulfonamides is 1. The normalized spacial score (nSPS) is 25.1. The zero-order valence-electron chi connectivity index (χ0n) is 18.2. The number of morpholine rings is 1. The van der Waals surface area contributed by atoms with Crippen LogP contribution in [0.1, 0.15) is 18.4 Å². The van der Waals surface area contributed by atoms with Crippen molar-refractivity contribution in [3.05, 3.63) is 29.8 Å². The molecule has 1 aromatic rings. The van der Waals surface area contributed by atoms with Gasteiger partial charge in [-0.1, -0.05) is 12.1 Å². The molecule has 1 aromatic carbocycles. The van der Waals surface area contributed by atoms with Crippen LogP contribution in [0.3, 0.4) is 0 Å². The summed E-state index contributed by atoms with van der Waals surface area (Å²) in [7, 11) is -6.41. The van der Waals surface area contributed by atoms with E-state index in [2.05, 4.69) is 4.90 Å². The standard InChI is InChI=1S/C21H31N3O6S2/c25-21(23-10-8-22(9-11-23)19-7-16-31(26,27)17-19)6-3-18-1-4-20(5-2-18)32(28,29)24-12-14-30-15-13-24/h1-2,4-5,19H,3,6-17H2/t19-/m0/s1. The summed E-state index contributed by atoms with van der Waals surface area (Å²) >= 11 is 0. The van der Waals surface area contributed by atoms with Crippen molar-refractivity contribution in [2.24, 2.45) is 0 Å². The van der Waals surface area contributed by atoms with Crippen molar-refractivity contribution < 1.29 is 26.4 Å². The summed E-state index contributed by atoms with van der Waals surface area (Å²) in [6, 6.07) is 6.86. The fourth-order valence-electron chi connectivity index (χ4n) is 4.57. The minimum atomic E-state index is -3.51. The second-order valence-electron chi connectivity index (χ2n) is 8.63. The zero-order chi connectivity index (χ0) is 22.8. The zero-order valence-corrected chi connectivity index (χ0v) is 19.8. The summed E-state index contributed by atoms with van der Waals surface area (Å²) in [5.74, 6) is 0.579. The van der Waals surface area contributed by atoms with Gasteiger partial charge in [-0.15, -0.1) is 0 Å². The Balaban J connectivity index is 1.25. The Kier molecular flexibility index (Phi) is 7.21. The minimum absolute atomic E-state index is 0.0775. The molecule has 1 amide bonds. The smallest absolute Gasteiger partial charge is 0.243 e. The molecule has 0 saturated carbocycles. The first-order valence-corrected chi connectivity index (χ1v) is 14.4. The number of hydrogen-bond donors (Lipinski definition) is 0. The number of benzene rings is 1. The van der Waals surface area contributed by atoms with Crippen LogP contribution >= 0.6 is 0 Å². The van der Waals surface area contributed by atoms with Gasteiger partial charge >= 0.3 is 0 Å². The Morgan fingerprint density at radius 2 is 1.66 bits per heavy atom. The van der Waals surface area contributed by atoms with E-state index in [4.69, 9.17) is 4.74 Å². The quantitative estimate of drug-likeness (QED) is 0.557. The number of piperazine rings is 1. The monoisotopic (exact) mass is 485 g/mol. The number of carbonyl (C=O) groups is 1. The number of amides is 1. The van der Waals surface area contributed by atoms with Crippen LogP contribution in [0, 0.1) is 0 Å². The van der Waals surface area contributed by atoms with Crippen LogP contribution in [-0.4, -0.2) is 107 Å². The van der Waals surface area contributed by atoms with Crippen molar-refractivity contribution in [2.45, 2.75) is 30.2 Å². The lowest BCUT2D eigenvalue weighted by Gasteiger charge is -2.37. The largest absolute Gasteiger partial charge is 0.379 e.